The molecule has 76 valence electrons. The van der Waals surface area contributed by atoms with E-state index in [9.17, 15) is 0 Å². The molecule has 0 unspecified atom stereocenters. The molecule has 1 aromatic carbocycles. The number of benzene rings is 1. The lowest BCUT2D eigenvalue weighted by Crippen LogP contribution is -1.98. The summed E-state index contributed by atoms with van der Waals surface area (Å²) in [6.07, 6.45) is 2.67. The molecule has 1 fully saturated rings. The van der Waals surface area contributed by atoms with Gasteiger partial charge in [0.2, 0.25) is 0 Å². The standard InChI is InChI=1S/C11H14BrNO/c12-10-4-3-9(5-11(10)13)7-14-6-8-1-2-8/h3-5,8H,1-2,6-7,13H2. The monoisotopic (exact) mass is 255 g/mol. The fourth-order valence-corrected chi connectivity index (χ4v) is 1.56. The van der Waals surface area contributed by atoms with Crippen molar-refractivity contribution >= 4 is 21.6 Å². The van der Waals surface area contributed by atoms with Crippen LogP contribution >= 0.6 is 15.9 Å². The fraction of sp³-hybridized carbons (Fsp3) is 0.455. The Labute approximate surface area is 92.6 Å². The Balaban J connectivity index is 1.85. The van der Waals surface area contributed by atoms with Crippen LogP contribution in [0.1, 0.15) is 18.4 Å². The van der Waals surface area contributed by atoms with E-state index < -0.39 is 0 Å². The summed E-state index contributed by atoms with van der Waals surface area (Å²) in [5.41, 5.74) is 7.68. The van der Waals surface area contributed by atoms with E-state index >= 15 is 0 Å². The zero-order valence-electron chi connectivity index (χ0n) is 8.00. The number of rotatable bonds is 4. The predicted octanol–water partition coefficient (Wildman–Crippen LogP) is 2.96. The molecular weight excluding hydrogens is 242 g/mol. The van der Waals surface area contributed by atoms with E-state index in [4.69, 9.17) is 10.5 Å². The number of halogens is 1. The molecule has 0 saturated heterocycles. The smallest absolute Gasteiger partial charge is 0.0717 e. The molecule has 2 N–H and O–H groups in total. The van der Waals surface area contributed by atoms with Gasteiger partial charge in [0, 0.05) is 16.8 Å². The van der Waals surface area contributed by atoms with Crippen LogP contribution in [0.5, 0.6) is 0 Å². The maximum absolute atomic E-state index is 5.76. The van der Waals surface area contributed by atoms with Crippen molar-refractivity contribution in [2.45, 2.75) is 19.4 Å². The Bertz CT molecular complexity index is 323. The van der Waals surface area contributed by atoms with Gasteiger partial charge in [-0.15, -0.1) is 0 Å². The molecule has 3 heteroatoms. The van der Waals surface area contributed by atoms with Gasteiger partial charge in [0.25, 0.3) is 0 Å². The number of anilines is 1. The van der Waals surface area contributed by atoms with Crippen molar-refractivity contribution in [1.29, 1.82) is 0 Å². The molecule has 1 aliphatic carbocycles. The SMILES string of the molecule is Nc1cc(COCC2CC2)ccc1Br. The van der Waals surface area contributed by atoms with Crippen LogP contribution in [0, 0.1) is 5.92 Å². The summed E-state index contributed by atoms with van der Waals surface area (Å²) in [5.74, 6) is 0.822. The van der Waals surface area contributed by atoms with Crippen LogP contribution in [0.2, 0.25) is 0 Å². The summed E-state index contributed by atoms with van der Waals surface area (Å²) in [5, 5.41) is 0. The average Bonchev–Trinajstić information content (AvgIpc) is 2.95. The Hall–Kier alpha value is -0.540. The zero-order valence-corrected chi connectivity index (χ0v) is 9.59. The van der Waals surface area contributed by atoms with E-state index in [2.05, 4.69) is 15.9 Å². The molecule has 0 aliphatic heterocycles. The molecule has 1 aliphatic rings. The largest absolute Gasteiger partial charge is 0.398 e. The zero-order chi connectivity index (χ0) is 9.97. The lowest BCUT2D eigenvalue weighted by atomic mass is 10.2. The van der Waals surface area contributed by atoms with Gasteiger partial charge in [-0.1, -0.05) is 6.07 Å². The lowest BCUT2D eigenvalue weighted by Gasteiger charge is -2.05. The van der Waals surface area contributed by atoms with Crippen LogP contribution in [-0.2, 0) is 11.3 Å². The second-order valence-electron chi connectivity index (χ2n) is 3.81. The van der Waals surface area contributed by atoms with Gasteiger partial charge in [0.15, 0.2) is 0 Å². The maximum atomic E-state index is 5.76. The van der Waals surface area contributed by atoms with Gasteiger partial charge in [-0.05, 0) is 52.4 Å². The van der Waals surface area contributed by atoms with Crippen molar-refractivity contribution < 1.29 is 4.74 Å². The minimum atomic E-state index is 0.675. The summed E-state index contributed by atoms with van der Waals surface area (Å²) in [6.45, 7) is 1.57. The highest BCUT2D eigenvalue weighted by molar-refractivity contribution is 9.10. The van der Waals surface area contributed by atoms with Crippen molar-refractivity contribution in [1.82, 2.24) is 0 Å². The second-order valence-corrected chi connectivity index (χ2v) is 4.67. The Morgan fingerprint density at radius 1 is 1.43 bits per heavy atom. The van der Waals surface area contributed by atoms with Crippen LogP contribution in [0.4, 0.5) is 5.69 Å². The maximum Gasteiger partial charge on any atom is 0.0717 e. The molecule has 0 bridgehead atoms. The third-order valence-corrected chi connectivity index (χ3v) is 3.10. The second kappa shape index (κ2) is 4.32. The number of nitrogens with two attached hydrogens (primary N) is 1. The van der Waals surface area contributed by atoms with Gasteiger partial charge in [0.1, 0.15) is 0 Å². The Morgan fingerprint density at radius 2 is 2.21 bits per heavy atom. The van der Waals surface area contributed by atoms with Crippen molar-refractivity contribution in [2.75, 3.05) is 12.3 Å². The first-order valence-corrected chi connectivity index (χ1v) is 5.66. The molecule has 0 atom stereocenters. The van der Waals surface area contributed by atoms with Gasteiger partial charge < -0.3 is 10.5 Å². The van der Waals surface area contributed by atoms with E-state index in [0.717, 1.165) is 28.2 Å². The molecule has 0 spiro atoms. The summed E-state index contributed by atoms with van der Waals surface area (Å²) < 4.78 is 6.52. The number of hydrogen-bond donors (Lipinski definition) is 1. The van der Waals surface area contributed by atoms with Gasteiger partial charge >= 0.3 is 0 Å². The van der Waals surface area contributed by atoms with Gasteiger partial charge in [-0.2, -0.15) is 0 Å². The van der Waals surface area contributed by atoms with E-state index in [1.165, 1.54) is 12.8 Å². The first-order chi connectivity index (χ1) is 6.75. The van der Waals surface area contributed by atoms with Crippen molar-refractivity contribution in [3.63, 3.8) is 0 Å². The molecule has 2 rings (SSSR count). The number of ether oxygens (including phenoxy) is 1. The number of hydrogen-bond acceptors (Lipinski definition) is 2. The molecule has 0 heterocycles. The molecule has 0 aromatic heterocycles. The lowest BCUT2D eigenvalue weighted by molar-refractivity contribution is 0.111. The minimum absolute atomic E-state index is 0.675. The quantitative estimate of drug-likeness (QED) is 0.840. The molecule has 0 amide bonds. The molecule has 0 radical (unpaired) electrons. The highest BCUT2D eigenvalue weighted by atomic mass is 79.9. The summed E-state index contributed by atoms with van der Waals surface area (Å²) in [4.78, 5) is 0. The fourth-order valence-electron chi connectivity index (χ4n) is 1.31. The first kappa shape index (κ1) is 9.99. The summed E-state index contributed by atoms with van der Waals surface area (Å²) >= 11 is 3.36. The van der Waals surface area contributed by atoms with Crippen LogP contribution in [0.25, 0.3) is 0 Å². The molecule has 1 aromatic rings. The topological polar surface area (TPSA) is 35.2 Å². The molecule has 14 heavy (non-hydrogen) atoms. The van der Waals surface area contributed by atoms with Crippen LogP contribution < -0.4 is 5.73 Å². The van der Waals surface area contributed by atoms with Crippen molar-refractivity contribution in [3.05, 3.63) is 28.2 Å². The first-order valence-electron chi connectivity index (χ1n) is 4.87. The van der Waals surface area contributed by atoms with E-state index in [0.29, 0.717) is 6.61 Å². The normalized spacial score (nSPS) is 15.8. The van der Waals surface area contributed by atoms with Gasteiger partial charge in [-0.25, -0.2) is 0 Å². The number of nitrogen functional groups attached to an aromatic ring is 1. The molecule has 1 saturated carbocycles. The Morgan fingerprint density at radius 3 is 2.86 bits per heavy atom. The third-order valence-electron chi connectivity index (χ3n) is 2.38. The molecule has 2 nitrogen and oxygen atoms in total. The average molecular weight is 256 g/mol. The highest BCUT2D eigenvalue weighted by Gasteiger charge is 2.20. The highest BCUT2D eigenvalue weighted by Crippen LogP contribution is 2.29. The Kier molecular flexibility index (Phi) is 3.08. The third kappa shape index (κ3) is 2.72. The van der Waals surface area contributed by atoms with Gasteiger partial charge in [0.05, 0.1) is 6.61 Å². The van der Waals surface area contributed by atoms with Gasteiger partial charge in [-0.3, -0.25) is 0 Å². The van der Waals surface area contributed by atoms with Crippen LogP contribution in [0.3, 0.4) is 0 Å². The van der Waals surface area contributed by atoms with Crippen LogP contribution in [-0.4, -0.2) is 6.61 Å². The van der Waals surface area contributed by atoms with E-state index in [1.807, 2.05) is 18.2 Å². The predicted molar refractivity (Wildman–Crippen MR) is 60.9 cm³/mol. The van der Waals surface area contributed by atoms with Crippen LogP contribution in [0.15, 0.2) is 22.7 Å². The minimum Gasteiger partial charge on any atom is -0.398 e. The van der Waals surface area contributed by atoms with E-state index in [1.54, 1.807) is 0 Å². The summed E-state index contributed by atoms with van der Waals surface area (Å²) in [7, 11) is 0. The van der Waals surface area contributed by atoms with Crippen molar-refractivity contribution in [3.8, 4) is 0 Å². The molecular formula is C11H14BrNO. The summed E-state index contributed by atoms with van der Waals surface area (Å²) in [6, 6.07) is 5.95. The van der Waals surface area contributed by atoms with Crippen molar-refractivity contribution in [2.24, 2.45) is 5.92 Å². The van der Waals surface area contributed by atoms with E-state index in [-0.39, 0.29) is 0 Å².